The third-order valence-corrected chi connectivity index (χ3v) is 4.93. The number of rotatable bonds is 4. The van der Waals surface area contributed by atoms with Gasteiger partial charge in [0.05, 0.1) is 4.90 Å². The Hall–Kier alpha value is -1.50. The molecule has 0 aliphatic rings. The van der Waals surface area contributed by atoms with E-state index in [0.29, 0.717) is 16.7 Å². The second-order valence-corrected chi connectivity index (χ2v) is 6.95. The number of hydrogen-bond acceptors (Lipinski definition) is 2. The van der Waals surface area contributed by atoms with Gasteiger partial charge in [-0.1, -0.05) is 23.7 Å². The zero-order chi connectivity index (χ0) is 15.6. The van der Waals surface area contributed by atoms with E-state index in [1.165, 1.54) is 7.05 Å². The van der Waals surface area contributed by atoms with Crippen molar-refractivity contribution in [1.29, 1.82) is 0 Å². The molecule has 0 unspecified atom stereocenters. The Morgan fingerprint density at radius 3 is 2.43 bits per heavy atom. The molecule has 0 N–H and O–H groups in total. The fraction of sp³-hybridized carbons (Fsp3) is 0.143. The predicted molar refractivity (Wildman–Crippen MR) is 76.5 cm³/mol. The van der Waals surface area contributed by atoms with Gasteiger partial charge in [0.1, 0.15) is 0 Å². The Balaban J connectivity index is 2.28. The molecular weight excluding hydrogens is 320 g/mol. The molecule has 2 aromatic rings. The van der Waals surface area contributed by atoms with Crippen LogP contribution >= 0.6 is 11.6 Å². The van der Waals surface area contributed by atoms with E-state index in [1.54, 1.807) is 24.3 Å². The number of benzene rings is 2. The summed E-state index contributed by atoms with van der Waals surface area (Å²) in [5.74, 6) is -2.29. The van der Waals surface area contributed by atoms with Gasteiger partial charge < -0.3 is 0 Å². The van der Waals surface area contributed by atoms with Crippen LogP contribution in [0, 0.1) is 11.6 Å². The first-order chi connectivity index (χ1) is 9.80. The number of halogens is 3. The lowest BCUT2D eigenvalue weighted by atomic mass is 10.2. The van der Waals surface area contributed by atoms with Gasteiger partial charge in [-0.2, -0.15) is 4.31 Å². The van der Waals surface area contributed by atoms with Crippen LogP contribution in [0.15, 0.2) is 47.4 Å². The standard InChI is InChI=1S/C14H12ClF2NO2S/c1-18(9-10-3-2-4-11(15)7-10)21(19,20)12-5-6-13(16)14(17)8-12/h2-8H,9H2,1H3. The number of sulfonamides is 1. The SMILES string of the molecule is CN(Cc1cccc(Cl)c1)S(=O)(=O)c1ccc(F)c(F)c1. The van der Waals surface area contributed by atoms with Gasteiger partial charge in [-0.05, 0) is 35.9 Å². The molecule has 0 bridgehead atoms. The predicted octanol–water partition coefficient (Wildman–Crippen LogP) is 3.44. The normalized spacial score (nSPS) is 11.9. The number of nitrogens with zero attached hydrogens (tertiary/aromatic N) is 1. The molecule has 0 aliphatic heterocycles. The highest BCUT2D eigenvalue weighted by molar-refractivity contribution is 7.89. The van der Waals surface area contributed by atoms with Crippen LogP contribution in [0.2, 0.25) is 5.02 Å². The first-order valence-electron chi connectivity index (χ1n) is 5.96. The van der Waals surface area contributed by atoms with Gasteiger partial charge in [-0.3, -0.25) is 0 Å². The van der Waals surface area contributed by atoms with Crippen LogP contribution in [0.5, 0.6) is 0 Å². The van der Waals surface area contributed by atoms with Crippen molar-refractivity contribution < 1.29 is 17.2 Å². The summed E-state index contributed by atoms with van der Waals surface area (Å²) in [6.45, 7) is 0.0713. The third-order valence-electron chi connectivity index (χ3n) is 2.89. The van der Waals surface area contributed by atoms with E-state index in [2.05, 4.69) is 0 Å². The van der Waals surface area contributed by atoms with E-state index in [1.807, 2.05) is 0 Å². The van der Waals surface area contributed by atoms with Crippen LogP contribution in [-0.4, -0.2) is 19.8 Å². The van der Waals surface area contributed by atoms with Crippen LogP contribution in [0.1, 0.15) is 5.56 Å². The van der Waals surface area contributed by atoms with Gasteiger partial charge in [0, 0.05) is 18.6 Å². The maximum absolute atomic E-state index is 13.2. The van der Waals surface area contributed by atoms with E-state index in [9.17, 15) is 17.2 Å². The monoisotopic (exact) mass is 331 g/mol. The first-order valence-corrected chi connectivity index (χ1v) is 7.78. The van der Waals surface area contributed by atoms with Gasteiger partial charge in [0.25, 0.3) is 0 Å². The smallest absolute Gasteiger partial charge is 0.207 e. The molecule has 0 spiro atoms. The molecule has 0 aliphatic carbocycles. The highest BCUT2D eigenvalue weighted by Gasteiger charge is 2.22. The minimum absolute atomic E-state index is 0.0713. The van der Waals surface area contributed by atoms with Crippen LogP contribution in [0.4, 0.5) is 8.78 Å². The van der Waals surface area contributed by atoms with Crippen LogP contribution in [0.25, 0.3) is 0 Å². The molecule has 3 nitrogen and oxygen atoms in total. The van der Waals surface area contributed by atoms with E-state index in [0.717, 1.165) is 16.4 Å². The van der Waals surface area contributed by atoms with Crippen molar-refractivity contribution in [2.75, 3.05) is 7.05 Å². The van der Waals surface area contributed by atoms with Gasteiger partial charge in [0.15, 0.2) is 11.6 Å². The Morgan fingerprint density at radius 2 is 1.81 bits per heavy atom. The van der Waals surface area contributed by atoms with Crippen LogP contribution in [0.3, 0.4) is 0 Å². The molecule has 21 heavy (non-hydrogen) atoms. The Bertz CT molecular complexity index is 765. The molecule has 0 saturated heterocycles. The molecule has 0 amide bonds. The maximum Gasteiger partial charge on any atom is 0.243 e. The molecule has 112 valence electrons. The van der Waals surface area contributed by atoms with Crippen molar-refractivity contribution in [2.45, 2.75) is 11.4 Å². The van der Waals surface area contributed by atoms with Gasteiger partial charge in [-0.15, -0.1) is 0 Å². The molecule has 2 aromatic carbocycles. The Morgan fingerprint density at radius 1 is 1.10 bits per heavy atom. The second-order valence-electron chi connectivity index (χ2n) is 4.47. The summed E-state index contributed by atoms with van der Waals surface area (Å²) in [4.78, 5) is -0.300. The average Bonchev–Trinajstić information content (AvgIpc) is 2.41. The number of hydrogen-bond donors (Lipinski definition) is 0. The summed E-state index contributed by atoms with van der Waals surface area (Å²) < 4.78 is 51.7. The van der Waals surface area contributed by atoms with E-state index < -0.39 is 21.7 Å². The summed E-state index contributed by atoms with van der Waals surface area (Å²) in [5, 5.41) is 0.492. The zero-order valence-corrected chi connectivity index (χ0v) is 12.6. The summed E-state index contributed by atoms with van der Waals surface area (Å²) >= 11 is 5.84. The minimum Gasteiger partial charge on any atom is -0.207 e. The second kappa shape index (κ2) is 6.09. The maximum atomic E-state index is 13.2. The van der Waals surface area contributed by atoms with Gasteiger partial charge in [-0.25, -0.2) is 17.2 Å². The lowest BCUT2D eigenvalue weighted by Crippen LogP contribution is -2.26. The fourth-order valence-corrected chi connectivity index (χ4v) is 3.18. The molecular formula is C14H12ClF2NO2S. The van der Waals surface area contributed by atoms with Crippen molar-refractivity contribution in [3.05, 3.63) is 64.7 Å². The molecule has 7 heteroatoms. The molecule has 2 rings (SSSR count). The lowest BCUT2D eigenvalue weighted by Gasteiger charge is -2.17. The summed E-state index contributed by atoms with van der Waals surface area (Å²) in [5.41, 5.74) is 0.691. The molecule has 0 fully saturated rings. The largest absolute Gasteiger partial charge is 0.243 e. The van der Waals surface area contributed by atoms with Crippen LogP contribution in [-0.2, 0) is 16.6 Å². The van der Waals surface area contributed by atoms with E-state index in [4.69, 9.17) is 11.6 Å². The Labute approximate surface area is 126 Å². The topological polar surface area (TPSA) is 37.4 Å². The van der Waals surface area contributed by atoms with Crippen molar-refractivity contribution in [3.63, 3.8) is 0 Å². The fourth-order valence-electron chi connectivity index (χ4n) is 1.79. The molecule has 0 radical (unpaired) electrons. The average molecular weight is 332 g/mol. The first kappa shape index (κ1) is 15.9. The van der Waals surface area contributed by atoms with Crippen molar-refractivity contribution in [1.82, 2.24) is 4.31 Å². The molecule has 0 aromatic heterocycles. The van der Waals surface area contributed by atoms with Crippen molar-refractivity contribution in [3.8, 4) is 0 Å². The minimum atomic E-state index is -3.91. The Kier molecular flexibility index (Phi) is 4.61. The molecule has 0 atom stereocenters. The molecule has 0 saturated carbocycles. The summed E-state index contributed by atoms with van der Waals surface area (Å²) in [6.07, 6.45) is 0. The highest BCUT2D eigenvalue weighted by Crippen LogP contribution is 2.20. The lowest BCUT2D eigenvalue weighted by molar-refractivity contribution is 0.463. The van der Waals surface area contributed by atoms with E-state index in [-0.39, 0.29) is 11.4 Å². The van der Waals surface area contributed by atoms with Crippen LogP contribution < -0.4 is 0 Å². The van der Waals surface area contributed by atoms with Gasteiger partial charge >= 0.3 is 0 Å². The highest BCUT2D eigenvalue weighted by atomic mass is 35.5. The van der Waals surface area contributed by atoms with Gasteiger partial charge in [0.2, 0.25) is 10.0 Å². The summed E-state index contributed by atoms with van der Waals surface area (Å²) in [6, 6.07) is 9.23. The third kappa shape index (κ3) is 3.58. The van der Waals surface area contributed by atoms with E-state index >= 15 is 0 Å². The quantitative estimate of drug-likeness (QED) is 0.860. The zero-order valence-electron chi connectivity index (χ0n) is 11.1. The van der Waals surface area contributed by atoms with Crippen molar-refractivity contribution in [2.24, 2.45) is 0 Å². The molecule has 0 heterocycles. The summed E-state index contributed by atoms with van der Waals surface area (Å²) in [7, 11) is -2.55. The van der Waals surface area contributed by atoms with Crippen molar-refractivity contribution >= 4 is 21.6 Å².